The summed E-state index contributed by atoms with van der Waals surface area (Å²) in [7, 11) is 2.48. The Labute approximate surface area is 303 Å². The Morgan fingerprint density at radius 1 is 0.796 bits per heavy atom. The largest absolute Gasteiger partial charge is 0.469 e. The lowest BCUT2D eigenvalue weighted by molar-refractivity contribution is -0.265. The van der Waals surface area contributed by atoms with E-state index in [1.807, 2.05) is 20.8 Å². The highest BCUT2D eigenvalue weighted by atomic mass is 79.9. The van der Waals surface area contributed by atoms with Crippen molar-refractivity contribution in [1.82, 2.24) is 0 Å². The Morgan fingerprint density at radius 3 is 1.80 bits per heavy atom. The molecule has 3 aliphatic rings. The minimum absolute atomic E-state index is 0.0141. The van der Waals surface area contributed by atoms with E-state index in [-0.39, 0.29) is 29.8 Å². The summed E-state index contributed by atoms with van der Waals surface area (Å²) in [5, 5.41) is 0. The standard InChI is InChI=1S/C38H42Br2O9/c1-20-19-25-36(4)18-17-26(41)35(2,3)28(36)27(48-31(42)21-9-13-23(39)14-10-21)30(49-32(43)22-11-15-24(40)16-12-22)38(25,6)29(33(44)46-7)37(20,5)34(45)47-8/h9-16,25,27-30H,1,17-19H2,2-8H3/t25-,27-,28+,29-,30+,36-,37+,38-/m1/s1. The zero-order valence-electron chi connectivity index (χ0n) is 28.8. The molecule has 8 atom stereocenters. The van der Waals surface area contributed by atoms with E-state index in [2.05, 4.69) is 38.4 Å². The molecule has 3 saturated carbocycles. The first-order chi connectivity index (χ1) is 22.9. The van der Waals surface area contributed by atoms with E-state index in [4.69, 9.17) is 18.9 Å². The molecule has 9 nitrogen and oxygen atoms in total. The van der Waals surface area contributed by atoms with Gasteiger partial charge in [-0.1, -0.05) is 71.7 Å². The molecule has 0 unspecified atom stereocenters. The van der Waals surface area contributed by atoms with E-state index in [9.17, 15) is 24.0 Å². The van der Waals surface area contributed by atoms with E-state index < -0.39 is 75.5 Å². The number of ketones is 1. The quantitative estimate of drug-likeness (QED) is 0.166. The predicted octanol–water partition coefficient (Wildman–Crippen LogP) is 7.54. The molecule has 49 heavy (non-hydrogen) atoms. The van der Waals surface area contributed by atoms with Gasteiger partial charge in [0.25, 0.3) is 0 Å². The number of ether oxygens (including phenoxy) is 4. The fourth-order valence-electron chi connectivity index (χ4n) is 9.53. The van der Waals surface area contributed by atoms with Crippen molar-refractivity contribution in [3.63, 3.8) is 0 Å². The number of hydrogen-bond donors (Lipinski definition) is 0. The highest BCUT2D eigenvalue weighted by Crippen LogP contribution is 2.72. The van der Waals surface area contributed by atoms with Gasteiger partial charge in [0.2, 0.25) is 0 Å². The third-order valence-corrected chi connectivity index (χ3v) is 13.0. The number of carbonyl (C=O) groups excluding carboxylic acids is 5. The smallest absolute Gasteiger partial charge is 0.338 e. The van der Waals surface area contributed by atoms with Crippen molar-refractivity contribution in [1.29, 1.82) is 0 Å². The van der Waals surface area contributed by atoms with Gasteiger partial charge in [-0.15, -0.1) is 0 Å². The monoisotopic (exact) mass is 800 g/mol. The molecule has 2 aromatic rings. The van der Waals surface area contributed by atoms with Gasteiger partial charge in [0.05, 0.1) is 36.7 Å². The maximum atomic E-state index is 14.2. The molecule has 3 aliphatic carbocycles. The van der Waals surface area contributed by atoms with Gasteiger partial charge in [0.1, 0.15) is 18.0 Å². The first kappa shape index (κ1) is 37.0. The number of fused-ring (bicyclic) bond motifs is 3. The first-order valence-electron chi connectivity index (χ1n) is 16.2. The van der Waals surface area contributed by atoms with E-state index in [1.165, 1.54) is 14.2 Å². The van der Waals surface area contributed by atoms with Crippen LogP contribution in [-0.2, 0) is 33.3 Å². The van der Waals surface area contributed by atoms with Crippen molar-refractivity contribution in [2.24, 2.45) is 39.4 Å². The zero-order chi connectivity index (χ0) is 36.3. The number of benzene rings is 2. The normalized spacial score (nSPS) is 33.4. The number of halogens is 2. The van der Waals surface area contributed by atoms with Crippen molar-refractivity contribution in [3.8, 4) is 0 Å². The maximum absolute atomic E-state index is 14.2. The Balaban J connectivity index is 1.81. The predicted molar refractivity (Wildman–Crippen MR) is 187 cm³/mol. The molecule has 5 rings (SSSR count). The molecule has 0 aromatic heterocycles. The molecule has 3 fully saturated rings. The second-order valence-corrected chi connectivity index (χ2v) is 16.5. The molecule has 0 heterocycles. The molecule has 11 heteroatoms. The van der Waals surface area contributed by atoms with Crippen molar-refractivity contribution in [2.45, 2.75) is 66.1 Å². The van der Waals surface area contributed by atoms with Crippen LogP contribution in [0.3, 0.4) is 0 Å². The molecule has 0 saturated heterocycles. The van der Waals surface area contributed by atoms with Gasteiger partial charge >= 0.3 is 23.9 Å². The van der Waals surface area contributed by atoms with E-state index in [1.54, 1.807) is 62.4 Å². The van der Waals surface area contributed by atoms with Crippen LogP contribution in [0, 0.1) is 39.4 Å². The molecule has 262 valence electrons. The van der Waals surface area contributed by atoms with Crippen LogP contribution in [0.15, 0.2) is 69.6 Å². The molecule has 2 aromatic carbocycles. The lowest BCUT2D eigenvalue weighted by Crippen LogP contribution is -2.74. The average molecular weight is 803 g/mol. The Kier molecular flexibility index (Phi) is 9.88. The van der Waals surface area contributed by atoms with Crippen LogP contribution in [0.4, 0.5) is 0 Å². The molecule has 0 N–H and O–H groups in total. The molecular weight excluding hydrogens is 760 g/mol. The molecule has 0 bridgehead atoms. The van der Waals surface area contributed by atoms with E-state index >= 15 is 0 Å². The fraction of sp³-hybridized carbons (Fsp3) is 0.500. The molecule has 0 spiro atoms. The molecule has 0 radical (unpaired) electrons. The van der Waals surface area contributed by atoms with E-state index in [0.29, 0.717) is 12.0 Å². The Morgan fingerprint density at radius 2 is 1.31 bits per heavy atom. The van der Waals surface area contributed by atoms with Gasteiger partial charge in [-0.2, -0.15) is 0 Å². The summed E-state index contributed by atoms with van der Waals surface area (Å²) in [4.78, 5) is 69.9. The van der Waals surface area contributed by atoms with Crippen molar-refractivity contribution in [3.05, 3.63) is 80.8 Å². The summed E-state index contributed by atoms with van der Waals surface area (Å²) in [6, 6.07) is 13.2. The zero-order valence-corrected chi connectivity index (χ0v) is 31.9. The topological polar surface area (TPSA) is 122 Å². The highest BCUT2D eigenvalue weighted by Gasteiger charge is 2.76. The summed E-state index contributed by atoms with van der Waals surface area (Å²) in [6.07, 6.45) is -1.62. The van der Waals surface area contributed by atoms with Crippen LogP contribution in [-0.4, -0.2) is 56.1 Å². The molecule has 0 amide bonds. The Hall–Kier alpha value is -3.31. The maximum Gasteiger partial charge on any atom is 0.338 e. The van der Waals surface area contributed by atoms with Gasteiger partial charge in [-0.05, 0) is 79.6 Å². The number of esters is 4. The van der Waals surface area contributed by atoms with Crippen molar-refractivity contribution in [2.75, 3.05) is 14.2 Å². The van der Waals surface area contributed by atoms with Gasteiger partial charge in [0.15, 0.2) is 0 Å². The summed E-state index contributed by atoms with van der Waals surface area (Å²) >= 11 is 6.79. The molecule has 0 aliphatic heterocycles. The SMILES string of the molecule is C=C1C[C@@H]2[C@@]3(C)CCC(=O)C(C)(C)[C@@H]3[C@@H](OC(=O)c3ccc(Br)cc3)[C@H](OC(=O)c3ccc(Br)cc3)[C@@]2(C)[C@H](C(=O)OC)[C@@]1(C)C(=O)OC. The van der Waals surface area contributed by atoms with Crippen LogP contribution < -0.4 is 0 Å². The van der Waals surface area contributed by atoms with Gasteiger partial charge in [-0.3, -0.25) is 14.4 Å². The fourth-order valence-corrected chi connectivity index (χ4v) is 10.1. The van der Waals surface area contributed by atoms with Crippen molar-refractivity contribution >= 4 is 61.5 Å². The summed E-state index contributed by atoms with van der Waals surface area (Å²) in [6.45, 7) is 13.4. The van der Waals surface area contributed by atoms with Crippen LogP contribution in [0.5, 0.6) is 0 Å². The second kappa shape index (κ2) is 13.1. The highest BCUT2D eigenvalue weighted by molar-refractivity contribution is 9.10. The van der Waals surface area contributed by atoms with Gasteiger partial charge < -0.3 is 18.9 Å². The van der Waals surface area contributed by atoms with Gasteiger partial charge in [0, 0.05) is 32.1 Å². The number of methoxy groups -OCH3 is 2. The van der Waals surface area contributed by atoms with E-state index in [0.717, 1.165) is 8.95 Å². The van der Waals surface area contributed by atoms with Crippen LogP contribution in [0.25, 0.3) is 0 Å². The Bertz CT molecular complexity index is 1700. The average Bonchev–Trinajstić information content (AvgIpc) is 3.06. The minimum Gasteiger partial charge on any atom is -0.469 e. The number of carbonyl (C=O) groups is 5. The van der Waals surface area contributed by atoms with Crippen LogP contribution in [0.1, 0.15) is 74.6 Å². The number of rotatable bonds is 6. The first-order valence-corrected chi connectivity index (χ1v) is 17.8. The lowest BCUT2D eigenvalue weighted by atomic mass is 9.35. The summed E-state index contributed by atoms with van der Waals surface area (Å²) < 4.78 is 25.2. The second-order valence-electron chi connectivity index (χ2n) is 14.7. The van der Waals surface area contributed by atoms with Crippen LogP contribution in [0.2, 0.25) is 0 Å². The lowest BCUT2D eigenvalue weighted by Gasteiger charge is -2.69. The molecular formula is C38H42Br2O9. The summed E-state index contributed by atoms with van der Waals surface area (Å²) in [5.41, 5.74) is -3.85. The van der Waals surface area contributed by atoms with Gasteiger partial charge in [-0.25, -0.2) is 9.59 Å². The van der Waals surface area contributed by atoms with Crippen LogP contribution >= 0.6 is 31.9 Å². The summed E-state index contributed by atoms with van der Waals surface area (Å²) in [5.74, 6) is -5.26. The minimum atomic E-state index is -1.60. The number of Topliss-reactive ketones (excluding diaryl/α,β-unsaturated/α-hetero) is 1. The third-order valence-electron chi connectivity index (χ3n) is 12.0. The van der Waals surface area contributed by atoms with Crippen molar-refractivity contribution < 1.29 is 42.9 Å². The number of hydrogen-bond acceptors (Lipinski definition) is 9. The third kappa shape index (κ3) is 5.78.